The fourth-order valence-electron chi connectivity index (χ4n) is 2.69. The molecule has 0 bridgehead atoms. The Balaban J connectivity index is 1.59. The number of hydrogen-bond acceptors (Lipinski definition) is 4. The zero-order valence-corrected chi connectivity index (χ0v) is 13.0. The standard InChI is InChI=1S/C15H26N2OS/c1-13-5-9-19-15(13)11-16-10-14-4-7-17(12-14)6-3-8-18-2/h5,9,14,16H,3-4,6-8,10-12H2,1-2H3. The van der Waals surface area contributed by atoms with Crippen molar-refractivity contribution in [3.05, 3.63) is 21.9 Å². The van der Waals surface area contributed by atoms with Crippen molar-refractivity contribution in [2.24, 2.45) is 5.92 Å². The van der Waals surface area contributed by atoms with Gasteiger partial charge in [0.25, 0.3) is 0 Å². The Labute approximate surface area is 121 Å². The van der Waals surface area contributed by atoms with Crippen molar-refractivity contribution in [2.45, 2.75) is 26.3 Å². The lowest BCUT2D eigenvalue weighted by atomic mass is 10.1. The minimum Gasteiger partial charge on any atom is -0.385 e. The van der Waals surface area contributed by atoms with E-state index in [4.69, 9.17) is 4.74 Å². The molecule has 4 heteroatoms. The highest BCUT2D eigenvalue weighted by molar-refractivity contribution is 7.10. The fraction of sp³-hybridized carbons (Fsp3) is 0.733. The Hall–Kier alpha value is -0.420. The second-order valence-electron chi connectivity index (χ2n) is 5.46. The third-order valence-electron chi connectivity index (χ3n) is 3.88. The number of thiophene rings is 1. The van der Waals surface area contributed by atoms with Crippen molar-refractivity contribution in [1.29, 1.82) is 0 Å². The normalized spacial score (nSPS) is 20.2. The first-order valence-corrected chi connectivity index (χ1v) is 8.12. The molecule has 1 saturated heterocycles. The number of likely N-dealkylation sites (tertiary alicyclic amines) is 1. The molecular weight excluding hydrogens is 256 g/mol. The summed E-state index contributed by atoms with van der Waals surface area (Å²) in [5.74, 6) is 0.822. The van der Waals surface area contributed by atoms with Gasteiger partial charge in [0.1, 0.15) is 0 Å². The second kappa shape index (κ2) is 8.00. The molecule has 0 aromatic carbocycles. The minimum absolute atomic E-state index is 0.822. The quantitative estimate of drug-likeness (QED) is 0.742. The van der Waals surface area contributed by atoms with Crippen molar-refractivity contribution in [3.8, 4) is 0 Å². The van der Waals surface area contributed by atoms with Gasteiger partial charge in [0.15, 0.2) is 0 Å². The van der Waals surface area contributed by atoms with Crippen molar-refractivity contribution < 1.29 is 4.74 Å². The second-order valence-corrected chi connectivity index (χ2v) is 6.46. The van der Waals surface area contributed by atoms with Gasteiger partial charge in [0, 0.05) is 38.2 Å². The van der Waals surface area contributed by atoms with Crippen LogP contribution in [0.1, 0.15) is 23.3 Å². The average Bonchev–Trinajstić information content (AvgIpc) is 3.00. The number of nitrogens with zero attached hydrogens (tertiary/aromatic N) is 1. The van der Waals surface area contributed by atoms with Crippen LogP contribution in [0.3, 0.4) is 0 Å². The van der Waals surface area contributed by atoms with E-state index in [1.165, 1.54) is 36.5 Å². The SMILES string of the molecule is COCCCN1CCC(CNCc2sccc2C)C1. The van der Waals surface area contributed by atoms with Crippen LogP contribution in [0.5, 0.6) is 0 Å². The predicted molar refractivity (Wildman–Crippen MR) is 81.8 cm³/mol. The Morgan fingerprint density at radius 3 is 3.16 bits per heavy atom. The first-order valence-electron chi connectivity index (χ1n) is 7.24. The number of rotatable bonds is 8. The maximum Gasteiger partial charge on any atom is 0.0474 e. The Bertz CT molecular complexity index is 367. The summed E-state index contributed by atoms with van der Waals surface area (Å²) in [6.45, 7) is 8.96. The molecule has 1 fully saturated rings. The molecular formula is C15H26N2OS. The molecule has 0 saturated carbocycles. The Morgan fingerprint density at radius 1 is 1.53 bits per heavy atom. The lowest BCUT2D eigenvalue weighted by Crippen LogP contribution is -2.27. The third kappa shape index (κ3) is 4.88. The molecule has 19 heavy (non-hydrogen) atoms. The molecule has 0 spiro atoms. The summed E-state index contributed by atoms with van der Waals surface area (Å²) in [4.78, 5) is 4.05. The molecule has 1 aromatic rings. The van der Waals surface area contributed by atoms with Gasteiger partial charge in [-0.3, -0.25) is 0 Å². The molecule has 0 amide bonds. The number of ether oxygens (including phenoxy) is 1. The van der Waals surface area contributed by atoms with Crippen molar-refractivity contribution in [3.63, 3.8) is 0 Å². The lowest BCUT2D eigenvalue weighted by molar-refractivity contribution is 0.178. The molecule has 2 heterocycles. The van der Waals surface area contributed by atoms with Crippen LogP contribution in [-0.2, 0) is 11.3 Å². The summed E-state index contributed by atoms with van der Waals surface area (Å²) in [7, 11) is 1.78. The monoisotopic (exact) mass is 282 g/mol. The van der Waals surface area contributed by atoms with Crippen molar-refractivity contribution in [2.75, 3.05) is 39.9 Å². The molecule has 2 rings (SSSR count). The van der Waals surface area contributed by atoms with E-state index in [-0.39, 0.29) is 0 Å². The first-order chi connectivity index (χ1) is 9.29. The summed E-state index contributed by atoms with van der Waals surface area (Å²) in [6, 6.07) is 2.20. The van der Waals surface area contributed by atoms with Crippen LogP contribution in [0.25, 0.3) is 0 Å². The molecule has 0 aliphatic carbocycles. The average molecular weight is 282 g/mol. The smallest absolute Gasteiger partial charge is 0.0474 e. The minimum atomic E-state index is 0.822. The van der Waals surface area contributed by atoms with Gasteiger partial charge in [-0.25, -0.2) is 0 Å². The van der Waals surface area contributed by atoms with Gasteiger partial charge < -0.3 is 15.0 Å². The van der Waals surface area contributed by atoms with Gasteiger partial charge >= 0.3 is 0 Å². The Kier molecular flexibility index (Phi) is 6.31. The number of hydrogen-bond donors (Lipinski definition) is 1. The van der Waals surface area contributed by atoms with Crippen LogP contribution in [0.4, 0.5) is 0 Å². The van der Waals surface area contributed by atoms with Gasteiger partial charge in [0.2, 0.25) is 0 Å². The maximum atomic E-state index is 5.11. The first kappa shape index (κ1) is 15.0. The summed E-state index contributed by atoms with van der Waals surface area (Å²) in [5, 5.41) is 5.80. The van der Waals surface area contributed by atoms with Crippen LogP contribution < -0.4 is 5.32 Å². The van der Waals surface area contributed by atoms with Crippen LogP contribution >= 0.6 is 11.3 Å². The maximum absolute atomic E-state index is 5.11. The van der Waals surface area contributed by atoms with E-state index < -0.39 is 0 Å². The Morgan fingerprint density at radius 2 is 2.42 bits per heavy atom. The number of aryl methyl sites for hydroxylation is 1. The van der Waals surface area contributed by atoms with E-state index in [0.29, 0.717) is 0 Å². The van der Waals surface area contributed by atoms with Gasteiger partial charge in [0.05, 0.1) is 0 Å². The fourth-order valence-corrected chi connectivity index (χ4v) is 3.57. The number of methoxy groups -OCH3 is 1. The molecule has 3 nitrogen and oxygen atoms in total. The molecule has 1 unspecified atom stereocenters. The van der Waals surface area contributed by atoms with Gasteiger partial charge in [-0.15, -0.1) is 11.3 Å². The van der Waals surface area contributed by atoms with Crippen molar-refractivity contribution in [1.82, 2.24) is 10.2 Å². The van der Waals surface area contributed by atoms with E-state index in [0.717, 1.165) is 32.0 Å². The number of nitrogens with one attached hydrogen (secondary N) is 1. The molecule has 1 aliphatic rings. The van der Waals surface area contributed by atoms with Gasteiger partial charge in [-0.2, -0.15) is 0 Å². The molecule has 1 N–H and O–H groups in total. The zero-order chi connectivity index (χ0) is 13.5. The van der Waals surface area contributed by atoms with E-state index in [2.05, 4.69) is 28.6 Å². The lowest BCUT2D eigenvalue weighted by Gasteiger charge is -2.16. The summed E-state index contributed by atoms with van der Waals surface area (Å²) < 4.78 is 5.11. The van der Waals surface area contributed by atoms with Crippen LogP contribution in [0, 0.1) is 12.8 Å². The summed E-state index contributed by atoms with van der Waals surface area (Å²) in [5.41, 5.74) is 1.42. The zero-order valence-electron chi connectivity index (χ0n) is 12.2. The largest absolute Gasteiger partial charge is 0.385 e. The molecule has 108 valence electrons. The predicted octanol–water partition coefficient (Wildman–Crippen LogP) is 2.50. The van der Waals surface area contributed by atoms with Crippen LogP contribution in [0.15, 0.2) is 11.4 Å². The summed E-state index contributed by atoms with van der Waals surface area (Å²) in [6.07, 6.45) is 2.49. The van der Waals surface area contributed by atoms with Gasteiger partial charge in [-0.05, 0) is 55.8 Å². The molecule has 1 aromatic heterocycles. The highest BCUT2D eigenvalue weighted by atomic mass is 32.1. The highest BCUT2D eigenvalue weighted by Gasteiger charge is 2.21. The van der Waals surface area contributed by atoms with E-state index in [1.807, 2.05) is 11.3 Å². The van der Waals surface area contributed by atoms with Gasteiger partial charge in [-0.1, -0.05) is 0 Å². The molecule has 1 atom stereocenters. The highest BCUT2D eigenvalue weighted by Crippen LogP contribution is 2.17. The van der Waals surface area contributed by atoms with E-state index in [1.54, 1.807) is 7.11 Å². The topological polar surface area (TPSA) is 24.5 Å². The molecule has 0 radical (unpaired) electrons. The van der Waals surface area contributed by atoms with Crippen LogP contribution in [-0.4, -0.2) is 44.8 Å². The third-order valence-corrected chi connectivity index (χ3v) is 4.90. The molecule has 1 aliphatic heterocycles. The van der Waals surface area contributed by atoms with Crippen LogP contribution in [0.2, 0.25) is 0 Å². The van der Waals surface area contributed by atoms with E-state index in [9.17, 15) is 0 Å². The van der Waals surface area contributed by atoms with Crippen molar-refractivity contribution >= 4 is 11.3 Å². The van der Waals surface area contributed by atoms with E-state index >= 15 is 0 Å². The summed E-state index contributed by atoms with van der Waals surface area (Å²) >= 11 is 1.86.